The molecule has 0 saturated carbocycles. The zero-order valence-corrected chi connectivity index (χ0v) is 7.55. The molecule has 0 spiro atoms. The van der Waals surface area contributed by atoms with Crippen LogP contribution >= 0.6 is 0 Å². The van der Waals surface area contributed by atoms with E-state index < -0.39 is 0 Å². The molecule has 12 heavy (non-hydrogen) atoms. The lowest BCUT2D eigenvalue weighted by Gasteiger charge is -1.90. The second kappa shape index (κ2) is 3.39. The van der Waals surface area contributed by atoms with E-state index in [1.165, 1.54) is 0 Å². The topological polar surface area (TPSA) is 30.2 Å². The highest BCUT2D eigenvalue weighted by Crippen LogP contribution is 1.77. The van der Waals surface area contributed by atoms with E-state index in [1.807, 2.05) is 26.0 Å². The minimum atomic E-state index is -0.256. The summed E-state index contributed by atoms with van der Waals surface area (Å²) in [4.78, 5) is 11.1. The van der Waals surface area contributed by atoms with E-state index in [0.29, 0.717) is 11.0 Å². The number of aryl methyl sites for hydroxylation is 1. The van der Waals surface area contributed by atoms with Crippen molar-refractivity contribution in [1.82, 2.24) is 0 Å². The van der Waals surface area contributed by atoms with Gasteiger partial charge < -0.3 is 4.42 Å². The van der Waals surface area contributed by atoms with Gasteiger partial charge in [-0.05, 0) is 32.9 Å². The summed E-state index contributed by atoms with van der Waals surface area (Å²) in [6.07, 6.45) is 3.71. The van der Waals surface area contributed by atoms with Crippen LogP contribution < -0.4 is 16.3 Å². The molecular weight excluding hydrogens is 152 g/mol. The monoisotopic (exact) mass is 164 g/mol. The van der Waals surface area contributed by atoms with Crippen molar-refractivity contribution in [3.63, 3.8) is 0 Å². The Morgan fingerprint density at radius 1 is 1.33 bits per heavy atom. The molecule has 1 aromatic heterocycles. The van der Waals surface area contributed by atoms with Crippen LogP contribution in [0.2, 0.25) is 0 Å². The normalized spacial score (nSPS) is 13.9. The van der Waals surface area contributed by atoms with Crippen molar-refractivity contribution in [3.8, 4) is 0 Å². The molecule has 2 heteroatoms. The van der Waals surface area contributed by atoms with Gasteiger partial charge in [0.15, 0.2) is 0 Å². The van der Waals surface area contributed by atoms with Gasteiger partial charge in [-0.2, -0.15) is 0 Å². The Kier molecular flexibility index (Phi) is 2.48. The van der Waals surface area contributed by atoms with Gasteiger partial charge in [-0.3, -0.25) is 0 Å². The van der Waals surface area contributed by atoms with Crippen molar-refractivity contribution in [3.05, 3.63) is 32.7 Å². The summed E-state index contributed by atoms with van der Waals surface area (Å²) in [5, 5.41) is 0.967. The van der Waals surface area contributed by atoms with Crippen molar-refractivity contribution in [2.45, 2.75) is 20.8 Å². The van der Waals surface area contributed by atoms with E-state index in [2.05, 4.69) is 0 Å². The standard InChI is InChI=1S/C10H12O2/c1-4-8-6-7(3)10(11)12-9(8)5-2/h4-6H,1-3H3. The largest absolute Gasteiger partial charge is 0.423 e. The first kappa shape index (κ1) is 8.78. The third-order valence-corrected chi connectivity index (χ3v) is 1.75. The van der Waals surface area contributed by atoms with Gasteiger partial charge in [0.1, 0.15) is 5.42 Å². The molecule has 0 aliphatic heterocycles. The third kappa shape index (κ3) is 1.47. The van der Waals surface area contributed by atoms with E-state index in [0.717, 1.165) is 5.22 Å². The SMILES string of the molecule is CC=c1cc(C)c(=O)oc1=CC. The molecule has 2 nitrogen and oxygen atoms in total. The minimum absolute atomic E-state index is 0.256. The maximum absolute atomic E-state index is 11.1. The van der Waals surface area contributed by atoms with Crippen molar-refractivity contribution in [1.29, 1.82) is 0 Å². The fraction of sp³-hybridized carbons (Fsp3) is 0.300. The summed E-state index contributed by atoms with van der Waals surface area (Å²) in [6.45, 7) is 5.51. The molecule has 0 radical (unpaired) electrons. The average Bonchev–Trinajstić information content (AvgIpc) is 2.09. The van der Waals surface area contributed by atoms with Crippen LogP contribution in [0.1, 0.15) is 19.4 Å². The van der Waals surface area contributed by atoms with E-state index in [9.17, 15) is 4.79 Å². The molecule has 1 heterocycles. The van der Waals surface area contributed by atoms with Gasteiger partial charge in [0.05, 0.1) is 0 Å². The fourth-order valence-corrected chi connectivity index (χ4v) is 1.05. The van der Waals surface area contributed by atoms with Crippen LogP contribution in [0.15, 0.2) is 15.3 Å². The highest BCUT2D eigenvalue weighted by molar-refractivity contribution is 5.25. The fourth-order valence-electron chi connectivity index (χ4n) is 1.05. The van der Waals surface area contributed by atoms with E-state index in [1.54, 1.807) is 13.0 Å². The van der Waals surface area contributed by atoms with Crippen molar-refractivity contribution < 1.29 is 4.42 Å². The molecule has 0 aliphatic rings. The van der Waals surface area contributed by atoms with Gasteiger partial charge in [-0.15, -0.1) is 0 Å². The van der Waals surface area contributed by atoms with Crippen LogP contribution in [0, 0.1) is 6.92 Å². The zero-order chi connectivity index (χ0) is 9.14. The molecule has 0 atom stereocenters. The molecule has 0 fully saturated rings. The summed E-state index contributed by atoms with van der Waals surface area (Å²) in [5.74, 6) is 0. The Labute approximate surface area is 70.8 Å². The summed E-state index contributed by atoms with van der Waals surface area (Å²) >= 11 is 0. The first-order chi connectivity index (χ1) is 5.69. The quantitative estimate of drug-likeness (QED) is 0.560. The van der Waals surface area contributed by atoms with Gasteiger partial charge in [-0.1, -0.05) is 6.08 Å². The lowest BCUT2D eigenvalue weighted by molar-refractivity contribution is 0.468. The average molecular weight is 164 g/mol. The van der Waals surface area contributed by atoms with Gasteiger partial charge in [0, 0.05) is 10.8 Å². The first-order valence-corrected chi connectivity index (χ1v) is 3.92. The van der Waals surface area contributed by atoms with Crippen LogP contribution in [0.3, 0.4) is 0 Å². The Morgan fingerprint density at radius 2 is 2.00 bits per heavy atom. The van der Waals surface area contributed by atoms with E-state index in [-0.39, 0.29) is 5.63 Å². The van der Waals surface area contributed by atoms with Gasteiger partial charge in [-0.25, -0.2) is 4.79 Å². The molecule has 0 aromatic carbocycles. The van der Waals surface area contributed by atoms with Crippen LogP contribution in [-0.2, 0) is 0 Å². The van der Waals surface area contributed by atoms with Crippen LogP contribution in [-0.4, -0.2) is 0 Å². The van der Waals surface area contributed by atoms with E-state index >= 15 is 0 Å². The molecular formula is C10H12O2. The summed E-state index contributed by atoms with van der Waals surface area (Å²) in [7, 11) is 0. The predicted octanol–water partition coefficient (Wildman–Crippen LogP) is 0.549. The highest BCUT2D eigenvalue weighted by Gasteiger charge is 1.94. The maximum atomic E-state index is 11.1. The Bertz CT molecular complexity index is 438. The second-order valence-electron chi connectivity index (χ2n) is 2.61. The van der Waals surface area contributed by atoms with Gasteiger partial charge in [0.2, 0.25) is 0 Å². The van der Waals surface area contributed by atoms with Crippen LogP contribution in [0.4, 0.5) is 0 Å². The lowest BCUT2D eigenvalue weighted by atomic mass is 10.2. The predicted molar refractivity (Wildman–Crippen MR) is 49.2 cm³/mol. The molecule has 1 rings (SSSR count). The van der Waals surface area contributed by atoms with E-state index in [4.69, 9.17) is 4.42 Å². The molecule has 0 N–H and O–H groups in total. The third-order valence-electron chi connectivity index (χ3n) is 1.75. The van der Waals surface area contributed by atoms with Crippen LogP contribution in [0.25, 0.3) is 12.2 Å². The number of rotatable bonds is 0. The molecule has 0 amide bonds. The summed E-state index contributed by atoms with van der Waals surface area (Å²) in [6, 6.07) is 1.83. The molecule has 0 bridgehead atoms. The maximum Gasteiger partial charge on any atom is 0.339 e. The smallest absolute Gasteiger partial charge is 0.339 e. The molecule has 1 aromatic rings. The van der Waals surface area contributed by atoms with Crippen LogP contribution in [0.5, 0.6) is 0 Å². The van der Waals surface area contributed by atoms with Gasteiger partial charge in [0.25, 0.3) is 0 Å². The second-order valence-corrected chi connectivity index (χ2v) is 2.61. The first-order valence-electron chi connectivity index (χ1n) is 3.92. The summed E-state index contributed by atoms with van der Waals surface area (Å²) < 4.78 is 5.04. The molecule has 64 valence electrons. The van der Waals surface area contributed by atoms with Gasteiger partial charge >= 0.3 is 5.63 Å². The molecule has 0 unspecified atom stereocenters. The zero-order valence-electron chi connectivity index (χ0n) is 7.55. The number of hydrogen-bond acceptors (Lipinski definition) is 2. The highest BCUT2D eigenvalue weighted by atomic mass is 16.4. The van der Waals surface area contributed by atoms with Crippen molar-refractivity contribution in [2.24, 2.45) is 0 Å². The molecule has 0 aliphatic carbocycles. The Morgan fingerprint density at radius 3 is 2.50 bits per heavy atom. The Hall–Kier alpha value is -1.31. The summed E-state index contributed by atoms with van der Waals surface area (Å²) in [5.41, 5.74) is 1.04. The minimum Gasteiger partial charge on any atom is -0.423 e. The molecule has 0 saturated heterocycles. The Balaban J connectivity index is 3.76. The van der Waals surface area contributed by atoms with Crippen molar-refractivity contribution >= 4 is 12.2 Å². The lowest BCUT2D eigenvalue weighted by Crippen LogP contribution is -2.29. The number of hydrogen-bond donors (Lipinski definition) is 0. The van der Waals surface area contributed by atoms with Crippen molar-refractivity contribution in [2.75, 3.05) is 0 Å².